The van der Waals surface area contributed by atoms with Crippen LogP contribution in [0.3, 0.4) is 0 Å². The van der Waals surface area contributed by atoms with Gasteiger partial charge in [0.15, 0.2) is 11.4 Å². The summed E-state index contributed by atoms with van der Waals surface area (Å²) in [5, 5.41) is 8.39. The molecule has 0 unspecified atom stereocenters. The molecule has 3 aromatic heterocycles. The highest BCUT2D eigenvalue weighted by Crippen LogP contribution is 2.32. The molecule has 4 aromatic rings. The predicted molar refractivity (Wildman–Crippen MR) is 127 cm³/mol. The maximum atomic E-state index is 13.3. The van der Waals surface area contributed by atoms with Crippen molar-refractivity contribution in [1.29, 1.82) is 0 Å². The van der Waals surface area contributed by atoms with Gasteiger partial charge in [0.25, 0.3) is 5.91 Å². The second-order valence-electron chi connectivity index (χ2n) is 8.22. The number of benzene rings is 1. The summed E-state index contributed by atoms with van der Waals surface area (Å²) in [5.41, 5.74) is 2.75. The molecule has 0 aliphatic carbocycles. The van der Waals surface area contributed by atoms with Gasteiger partial charge in [-0.3, -0.25) is 9.59 Å². The SMILES string of the molecule is CC(C)n1ncc2c(C(=O)Nc3ccc(N4CCCC4=O)c(Cl)c3)cc(-c3ccco3)nc21. The van der Waals surface area contributed by atoms with Crippen LogP contribution in [0.4, 0.5) is 11.4 Å². The monoisotopic (exact) mass is 463 g/mol. The van der Waals surface area contributed by atoms with E-state index in [4.69, 9.17) is 21.0 Å². The molecule has 1 aliphatic rings. The van der Waals surface area contributed by atoms with Gasteiger partial charge in [-0.1, -0.05) is 11.6 Å². The van der Waals surface area contributed by atoms with Crippen LogP contribution in [0, 0.1) is 0 Å². The van der Waals surface area contributed by atoms with Gasteiger partial charge in [0.2, 0.25) is 5.91 Å². The predicted octanol–water partition coefficient (Wildman–Crippen LogP) is 5.30. The standard InChI is InChI=1S/C24H22ClN5O3/c1-14(2)30-23-17(13-26-30)16(12-19(28-23)21-5-4-10-33-21)24(32)27-15-7-8-20(18(25)11-15)29-9-3-6-22(29)31/h4-5,7-8,10-14H,3,6,9H2,1-2H3,(H,27,32). The molecule has 0 radical (unpaired) electrons. The molecule has 5 rings (SSSR count). The lowest BCUT2D eigenvalue weighted by molar-refractivity contribution is -0.117. The summed E-state index contributed by atoms with van der Waals surface area (Å²) in [6, 6.07) is 10.5. The van der Waals surface area contributed by atoms with E-state index in [1.165, 1.54) is 0 Å². The van der Waals surface area contributed by atoms with Gasteiger partial charge in [0, 0.05) is 24.7 Å². The molecule has 9 heteroatoms. The number of nitrogens with one attached hydrogen (secondary N) is 1. The smallest absolute Gasteiger partial charge is 0.256 e. The van der Waals surface area contributed by atoms with Crippen LogP contribution in [0.2, 0.25) is 5.02 Å². The average Bonchev–Trinajstić information content (AvgIpc) is 3.54. The van der Waals surface area contributed by atoms with E-state index in [0.29, 0.717) is 57.4 Å². The lowest BCUT2D eigenvalue weighted by Gasteiger charge is -2.18. The van der Waals surface area contributed by atoms with Crippen molar-refractivity contribution in [1.82, 2.24) is 14.8 Å². The van der Waals surface area contributed by atoms with Gasteiger partial charge in [0.1, 0.15) is 5.69 Å². The highest BCUT2D eigenvalue weighted by molar-refractivity contribution is 6.34. The molecule has 2 amide bonds. The number of fused-ring (bicyclic) bond motifs is 1. The van der Waals surface area contributed by atoms with Gasteiger partial charge in [-0.15, -0.1) is 0 Å². The molecule has 0 atom stereocenters. The lowest BCUT2D eigenvalue weighted by atomic mass is 10.1. The largest absolute Gasteiger partial charge is 0.463 e. The van der Waals surface area contributed by atoms with Crippen molar-refractivity contribution < 1.29 is 14.0 Å². The minimum atomic E-state index is -0.320. The van der Waals surface area contributed by atoms with Crippen molar-refractivity contribution in [3.8, 4) is 11.5 Å². The van der Waals surface area contributed by atoms with E-state index in [2.05, 4.69) is 10.4 Å². The number of hydrogen-bond acceptors (Lipinski definition) is 5. The molecule has 1 N–H and O–H groups in total. The molecule has 0 bridgehead atoms. The van der Waals surface area contributed by atoms with Crippen LogP contribution in [-0.4, -0.2) is 33.1 Å². The Hall–Kier alpha value is -3.65. The number of anilines is 2. The van der Waals surface area contributed by atoms with Crippen LogP contribution in [-0.2, 0) is 4.79 Å². The van der Waals surface area contributed by atoms with Crippen molar-refractivity contribution in [3.63, 3.8) is 0 Å². The summed E-state index contributed by atoms with van der Waals surface area (Å²) in [7, 11) is 0. The Labute approximate surface area is 195 Å². The third-order valence-corrected chi connectivity index (χ3v) is 5.95. The van der Waals surface area contributed by atoms with Crippen molar-refractivity contribution in [2.24, 2.45) is 0 Å². The van der Waals surface area contributed by atoms with Gasteiger partial charge in [-0.25, -0.2) is 9.67 Å². The first-order valence-corrected chi connectivity index (χ1v) is 11.1. The van der Waals surface area contributed by atoms with Crippen LogP contribution in [0.5, 0.6) is 0 Å². The Bertz CT molecular complexity index is 1360. The van der Waals surface area contributed by atoms with Crippen molar-refractivity contribution in [2.45, 2.75) is 32.7 Å². The van der Waals surface area contributed by atoms with Crippen LogP contribution in [0.25, 0.3) is 22.5 Å². The van der Waals surface area contributed by atoms with Gasteiger partial charge in [-0.2, -0.15) is 5.10 Å². The molecule has 0 saturated carbocycles. The molecule has 168 valence electrons. The first-order chi connectivity index (χ1) is 15.9. The zero-order valence-corrected chi connectivity index (χ0v) is 19.0. The highest BCUT2D eigenvalue weighted by Gasteiger charge is 2.24. The summed E-state index contributed by atoms with van der Waals surface area (Å²) < 4.78 is 7.29. The number of nitrogens with zero attached hydrogens (tertiary/aromatic N) is 4. The number of pyridine rings is 1. The molecule has 33 heavy (non-hydrogen) atoms. The molecular weight excluding hydrogens is 442 g/mol. The van der Waals surface area contributed by atoms with E-state index >= 15 is 0 Å². The average molecular weight is 464 g/mol. The van der Waals surface area contributed by atoms with Crippen LogP contribution >= 0.6 is 11.6 Å². The number of furan rings is 1. The van der Waals surface area contributed by atoms with Crippen LogP contribution in [0.1, 0.15) is 43.1 Å². The summed E-state index contributed by atoms with van der Waals surface area (Å²) in [5.74, 6) is 0.296. The van der Waals surface area contributed by atoms with Crippen molar-refractivity contribution in [2.75, 3.05) is 16.8 Å². The lowest BCUT2D eigenvalue weighted by Crippen LogP contribution is -2.24. The zero-order valence-electron chi connectivity index (χ0n) is 18.2. The molecule has 1 saturated heterocycles. The highest BCUT2D eigenvalue weighted by atomic mass is 35.5. The van der Waals surface area contributed by atoms with Crippen LogP contribution < -0.4 is 10.2 Å². The molecule has 0 spiro atoms. The number of rotatable bonds is 5. The topological polar surface area (TPSA) is 93.3 Å². The van der Waals surface area contributed by atoms with Crippen molar-refractivity contribution in [3.05, 3.63) is 59.4 Å². The Kier molecular flexibility index (Phi) is 5.38. The fourth-order valence-corrected chi connectivity index (χ4v) is 4.32. The van der Waals surface area contributed by atoms with Crippen LogP contribution in [0.15, 0.2) is 53.3 Å². The van der Waals surface area contributed by atoms with Crippen molar-refractivity contribution >= 4 is 45.8 Å². The number of carbonyl (C=O) groups is 2. The molecule has 1 aliphatic heterocycles. The van der Waals surface area contributed by atoms with Gasteiger partial charge in [-0.05, 0) is 56.7 Å². The third kappa shape index (κ3) is 3.87. The maximum Gasteiger partial charge on any atom is 0.256 e. The molecule has 1 aromatic carbocycles. The molecule has 4 heterocycles. The number of carbonyl (C=O) groups excluding carboxylic acids is 2. The van der Waals surface area contributed by atoms with E-state index in [0.717, 1.165) is 6.42 Å². The van der Waals surface area contributed by atoms with E-state index in [1.807, 2.05) is 13.8 Å². The Morgan fingerprint density at radius 1 is 1.24 bits per heavy atom. The first-order valence-electron chi connectivity index (χ1n) is 10.8. The fourth-order valence-electron chi connectivity index (χ4n) is 4.04. The minimum Gasteiger partial charge on any atom is -0.463 e. The maximum absolute atomic E-state index is 13.3. The van der Waals surface area contributed by atoms with E-state index in [-0.39, 0.29) is 17.9 Å². The second kappa shape index (κ2) is 8.37. The minimum absolute atomic E-state index is 0.0560. The molecule has 1 fully saturated rings. The van der Waals surface area contributed by atoms with E-state index < -0.39 is 0 Å². The van der Waals surface area contributed by atoms with Gasteiger partial charge in [0.05, 0.1) is 34.1 Å². The number of amides is 2. The molecular formula is C24H22ClN5O3. The third-order valence-electron chi connectivity index (χ3n) is 5.64. The Balaban J connectivity index is 1.50. The number of aromatic nitrogens is 3. The van der Waals surface area contributed by atoms with Gasteiger partial charge < -0.3 is 14.6 Å². The summed E-state index contributed by atoms with van der Waals surface area (Å²) in [6.07, 6.45) is 4.55. The number of halogens is 1. The van der Waals surface area contributed by atoms with E-state index in [1.54, 1.807) is 58.4 Å². The Morgan fingerprint density at radius 3 is 2.76 bits per heavy atom. The Morgan fingerprint density at radius 2 is 2.09 bits per heavy atom. The summed E-state index contributed by atoms with van der Waals surface area (Å²) in [4.78, 5) is 31.7. The first kappa shape index (κ1) is 21.2. The number of hydrogen-bond donors (Lipinski definition) is 1. The fraction of sp³-hybridized carbons (Fsp3) is 0.250. The quantitative estimate of drug-likeness (QED) is 0.433. The van der Waals surface area contributed by atoms with E-state index in [9.17, 15) is 9.59 Å². The van der Waals surface area contributed by atoms with Gasteiger partial charge >= 0.3 is 0 Å². The summed E-state index contributed by atoms with van der Waals surface area (Å²) >= 11 is 6.45. The molecule has 8 nitrogen and oxygen atoms in total. The second-order valence-corrected chi connectivity index (χ2v) is 8.63. The normalized spacial score (nSPS) is 13.9. The zero-order chi connectivity index (χ0) is 23.1. The summed E-state index contributed by atoms with van der Waals surface area (Å²) in [6.45, 7) is 4.65.